The molecule has 16 heavy (non-hydrogen) atoms. The number of thiazole rings is 1. The molecule has 0 saturated carbocycles. The molecule has 0 aliphatic heterocycles. The molecule has 0 atom stereocenters. The van der Waals surface area contributed by atoms with Crippen molar-refractivity contribution in [2.75, 3.05) is 0 Å². The summed E-state index contributed by atoms with van der Waals surface area (Å²) in [6, 6.07) is 5.52. The predicted molar refractivity (Wildman–Crippen MR) is 70.2 cm³/mol. The van der Waals surface area contributed by atoms with Crippen molar-refractivity contribution in [1.29, 1.82) is 0 Å². The molecule has 0 bridgehead atoms. The van der Waals surface area contributed by atoms with Crippen LogP contribution in [0.4, 0.5) is 0 Å². The van der Waals surface area contributed by atoms with Gasteiger partial charge in [0.25, 0.3) is 0 Å². The molecule has 1 heterocycles. The summed E-state index contributed by atoms with van der Waals surface area (Å²) in [6.45, 7) is 2.49. The van der Waals surface area contributed by atoms with Gasteiger partial charge in [-0.3, -0.25) is 0 Å². The molecule has 0 fully saturated rings. The van der Waals surface area contributed by atoms with Crippen molar-refractivity contribution in [3.8, 4) is 11.3 Å². The van der Waals surface area contributed by atoms with Crippen molar-refractivity contribution in [3.05, 3.63) is 38.1 Å². The SMILES string of the molecule is Cc1sc(CN)nc1-c1ccc(Cl)c(Cl)c1. The Hall–Kier alpha value is -0.610. The second-order valence-electron chi connectivity index (χ2n) is 3.35. The molecule has 1 aromatic carbocycles. The van der Waals surface area contributed by atoms with Crippen LogP contribution in [0.1, 0.15) is 9.88 Å². The summed E-state index contributed by atoms with van der Waals surface area (Å²) >= 11 is 13.5. The molecule has 5 heteroatoms. The summed E-state index contributed by atoms with van der Waals surface area (Å²) in [6.07, 6.45) is 0. The monoisotopic (exact) mass is 272 g/mol. The van der Waals surface area contributed by atoms with Crippen LogP contribution in [0.3, 0.4) is 0 Å². The van der Waals surface area contributed by atoms with E-state index in [0.29, 0.717) is 16.6 Å². The third kappa shape index (κ3) is 2.23. The molecule has 0 amide bonds. The average molecular weight is 273 g/mol. The van der Waals surface area contributed by atoms with E-state index in [9.17, 15) is 0 Å². The Balaban J connectivity index is 2.49. The summed E-state index contributed by atoms with van der Waals surface area (Å²) in [5.41, 5.74) is 7.47. The van der Waals surface area contributed by atoms with Gasteiger partial charge in [0.1, 0.15) is 5.01 Å². The van der Waals surface area contributed by atoms with Crippen LogP contribution in [-0.2, 0) is 6.54 Å². The van der Waals surface area contributed by atoms with Gasteiger partial charge < -0.3 is 5.73 Å². The molecule has 2 nitrogen and oxygen atoms in total. The number of aromatic nitrogens is 1. The molecule has 2 N–H and O–H groups in total. The second kappa shape index (κ2) is 4.72. The fourth-order valence-corrected chi connectivity index (χ4v) is 2.58. The van der Waals surface area contributed by atoms with Crippen molar-refractivity contribution >= 4 is 34.5 Å². The third-order valence-corrected chi connectivity index (χ3v) is 3.94. The number of hydrogen-bond donors (Lipinski definition) is 1. The van der Waals surface area contributed by atoms with Gasteiger partial charge in [-0.05, 0) is 19.1 Å². The molecule has 0 aliphatic carbocycles. The highest BCUT2D eigenvalue weighted by molar-refractivity contribution is 7.12. The number of halogens is 2. The Morgan fingerprint density at radius 2 is 2.06 bits per heavy atom. The predicted octanol–water partition coefficient (Wildman–Crippen LogP) is 3.88. The van der Waals surface area contributed by atoms with Gasteiger partial charge in [0.05, 0.1) is 15.7 Å². The van der Waals surface area contributed by atoms with Crippen LogP contribution in [0.5, 0.6) is 0 Å². The van der Waals surface area contributed by atoms with Gasteiger partial charge in [-0.15, -0.1) is 11.3 Å². The molecular formula is C11H10Cl2N2S. The number of benzene rings is 1. The molecule has 84 valence electrons. The zero-order valence-corrected chi connectivity index (χ0v) is 11.0. The third-order valence-electron chi connectivity index (χ3n) is 2.21. The molecule has 0 saturated heterocycles. The van der Waals surface area contributed by atoms with E-state index in [2.05, 4.69) is 4.98 Å². The van der Waals surface area contributed by atoms with E-state index in [4.69, 9.17) is 28.9 Å². The van der Waals surface area contributed by atoms with E-state index in [1.54, 1.807) is 17.4 Å². The lowest BCUT2D eigenvalue weighted by molar-refractivity contribution is 1.04. The molecule has 0 spiro atoms. The maximum atomic E-state index is 5.98. The highest BCUT2D eigenvalue weighted by Gasteiger charge is 2.10. The standard InChI is InChI=1S/C11H10Cl2N2S/c1-6-11(15-10(5-14)16-6)7-2-3-8(12)9(13)4-7/h2-4H,5,14H2,1H3. The summed E-state index contributed by atoms with van der Waals surface area (Å²) in [5, 5.41) is 2.02. The van der Waals surface area contributed by atoms with Crippen molar-refractivity contribution in [3.63, 3.8) is 0 Å². The van der Waals surface area contributed by atoms with E-state index in [1.807, 2.05) is 19.1 Å². The van der Waals surface area contributed by atoms with E-state index < -0.39 is 0 Å². The first-order valence-electron chi connectivity index (χ1n) is 4.73. The normalized spacial score (nSPS) is 10.8. The smallest absolute Gasteiger partial charge is 0.107 e. The van der Waals surface area contributed by atoms with Crippen LogP contribution < -0.4 is 5.73 Å². The van der Waals surface area contributed by atoms with Crippen LogP contribution in [0.25, 0.3) is 11.3 Å². The zero-order valence-electron chi connectivity index (χ0n) is 8.63. The van der Waals surface area contributed by atoms with Crippen LogP contribution in [0, 0.1) is 6.92 Å². The number of rotatable bonds is 2. The molecule has 0 unspecified atom stereocenters. The zero-order chi connectivity index (χ0) is 11.7. The molecule has 2 rings (SSSR count). The molecule has 0 radical (unpaired) electrons. The van der Waals surface area contributed by atoms with Gasteiger partial charge in [0.2, 0.25) is 0 Å². The molecule has 0 aliphatic rings. The summed E-state index contributed by atoms with van der Waals surface area (Å²) < 4.78 is 0. The van der Waals surface area contributed by atoms with Gasteiger partial charge in [-0.1, -0.05) is 29.3 Å². The van der Waals surface area contributed by atoms with Gasteiger partial charge in [-0.2, -0.15) is 0 Å². The van der Waals surface area contributed by atoms with Crippen molar-refractivity contribution < 1.29 is 0 Å². The first kappa shape index (κ1) is 11.9. The number of nitrogens with zero attached hydrogens (tertiary/aromatic N) is 1. The quantitative estimate of drug-likeness (QED) is 0.901. The lowest BCUT2D eigenvalue weighted by Crippen LogP contribution is -1.94. The average Bonchev–Trinajstić information content (AvgIpc) is 2.64. The Bertz CT molecular complexity index is 523. The lowest BCUT2D eigenvalue weighted by Gasteiger charge is -2.01. The minimum atomic E-state index is 0.465. The minimum Gasteiger partial charge on any atom is -0.325 e. The topological polar surface area (TPSA) is 38.9 Å². The summed E-state index contributed by atoms with van der Waals surface area (Å²) in [4.78, 5) is 5.60. The Morgan fingerprint density at radius 1 is 1.31 bits per heavy atom. The molecular weight excluding hydrogens is 263 g/mol. The fraction of sp³-hybridized carbons (Fsp3) is 0.182. The van der Waals surface area contributed by atoms with Crippen molar-refractivity contribution in [2.24, 2.45) is 5.73 Å². The van der Waals surface area contributed by atoms with Crippen LogP contribution >= 0.6 is 34.5 Å². The summed E-state index contributed by atoms with van der Waals surface area (Å²) in [7, 11) is 0. The van der Waals surface area contributed by atoms with Crippen molar-refractivity contribution in [2.45, 2.75) is 13.5 Å². The Morgan fingerprint density at radius 3 is 2.62 bits per heavy atom. The van der Waals surface area contributed by atoms with E-state index in [1.165, 1.54) is 0 Å². The maximum Gasteiger partial charge on any atom is 0.107 e. The highest BCUT2D eigenvalue weighted by Crippen LogP contribution is 2.31. The van der Waals surface area contributed by atoms with Crippen LogP contribution in [-0.4, -0.2) is 4.98 Å². The van der Waals surface area contributed by atoms with E-state index in [0.717, 1.165) is 21.1 Å². The van der Waals surface area contributed by atoms with Gasteiger partial charge in [0.15, 0.2) is 0 Å². The summed E-state index contributed by atoms with van der Waals surface area (Å²) in [5.74, 6) is 0. The van der Waals surface area contributed by atoms with E-state index >= 15 is 0 Å². The maximum absolute atomic E-state index is 5.98. The molecule has 1 aromatic heterocycles. The van der Waals surface area contributed by atoms with Gasteiger partial charge in [0, 0.05) is 17.0 Å². The number of aryl methyl sites for hydroxylation is 1. The van der Waals surface area contributed by atoms with Gasteiger partial charge in [-0.25, -0.2) is 4.98 Å². The fourth-order valence-electron chi connectivity index (χ4n) is 1.45. The van der Waals surface area contributed by atoms with Crippen molar-refractivity contribution in [1.82, 2.24) is 4.98 Å². The van der Waals surface area contributed by atoms with E-state index in [-0.39, 0.29) is 0 Å². The highest BCUT2D eigenvalue weighted by atomic mass is 35.5. The Kier molecular flexibility index (Phi) is 3.50. The largest absolute Gasteiger partial charge is 0.325 e. The first-order chi connectivity index (χ1) is 7.61. The lowest BCUT2D eigenvalue weighted by atomic mass is 10.1. The first-order valence-corrected chi connectivity index (χ1v) is 6.31. The number of hydrogen-bond acceptors (Lipinski definition) is 3. The van der Waals surface area contributed by atoms with Crippen LogP contribution in [0.15, 0.2) is 18.2 Å². The Labute approximate surface area is 108 Å². The molecule has 2 aromatic rings. The second-order valence-corrected chi connectivity index (χ2v) is 5.45. The van der Waals surface area contributed by atoms with Crippen LogP contribution in [0.2, 0.25) is 10.0 Å². The minimum absolute atomic E-state index is 0.465. The van der Waals surface area contributed by atoms with Gasteiger partial charge >= 0.3 is 0 Å². The number of nitrogens with two attached hydrogens (primary N) is 1.